The fraction of sp³-hybridized carbons (Fsp3) is 0.524. The summed E-state index contributed by atoms with van der Waals surface area (Å²) in [5.41, 5.74) is 0.0281. The maximum Gasteiger partial charge on any atom is 0.419 e. The first-order valence-electron chi connectivity index (χ1n) is 11.1. The van der Waals surface area contributed by atoms with Gasteiger partial charge in [0.05, 0.1) is 54.0 Å². The zero-order chi connectivity index (χ0) is 25.2. The standard InChI is InChI=1S/C21H25F3N8O3/c1-13(32-16-11-27-28-19(34)18(16)14(2)29-32)12-35-8-3-17(33)30-4-6-31(7-5-30)20-25-9-15(10-26-20)21(22,23)24/h9-11,13H,3-8,12H2,1-2H3,(H,28,34). The van der Waals surface area contributed by atoms with Crippen molar-refractivity contribution in [3.63, 3.8) is 0 Å². The van der Waals surface area contributed by atoms with Crippen LogP contribution in [-0.2, 0) is 15.7 Å². The number of piperazine rings is 1. The monoisotopic (exact) mass is 494 g/mol. The Morgan fingerprint density at radius 1 is 1.17 bits per heavy atom. The number of nitrogens with zero attached hydrogens (tertiary/aromatic N) is 7. The first-order valence-corrected chi connectivity index (χ1v) is 11.1. The van der Waals surface area contributed by atoms with Crippen LogP contribution in [0.2, 0.25) is 0 Å². The molecule has 0 spiro atoms. The molecule has 1 N–H and O–H groups in total. The number of aromatic amines is 1. The van der Waals surface area contributed by atoms with Crippen LogP contribution in [0.1, 0.15) is 30.6 Å². The number of halogens is 3. The molecule has 0 saturated carbocycles. The third-order valence-corrected chi connectivity index (χ3v) is 5.82. The second-order valence-corrected chi connectivity index (χ2v) is 8.30. The average molecular weight is 494 g/mol. The maximum atomic E-state index is 12.7. The average Bonchev–Trinajstić information content (AvgIpc) is 3.19. The molecule has 1 unspecified atom stereocenters. The summed E-state index contributed by atoms with van der Waals surface area (Å²) in [6.07, 6.45) is -1.21. The van der Waals surface area contributed by atoms with Crippen molar-refractivity contribution in [1.29, 1.82) is 0 Å². The predicted octanol–water partition coefficient (Wildman–Crippen LogP) is 1.55. The van der Waals surface area contributed by atoms with Crippen LogP contribution in [0.3, 0.4) is 0 Å². The molecule has 4 heterocycles. The molecule has 0 aliphatic carbocycles. The summed E-state index contributed by atoms with van der Waals surface area (Å²) in [5.74, 6) is 0.141. The molecule has 3 aromatic rings. The molecule has 1 amide bonds. The Labute approximate surface area is 197 Å². The molecule has 14 heteroatoms. The zero-order valence-electron chi connectivity index (χ0n) is 19.2. The van der Waals surface area contributed by atoms with Crippen molar-refractivity contribution in [2.75, 3.05) is 44.3 Å². The highest BCUT2D eigenvalue weighted by molar-refractivity contribution is 5.79. The van der Waals surface area contributed by atoms with E-state index in [2.05, 4.69) is 25.3 Å². The summed E-state index contributed by atoms with van der Waals surface area (Å²) in [6, 6.07) is -0.169. The summed E-state index contributed by atoms with van der Waals surface area (Å²) in [6.45, 7) is 5.86. The number of aryl methyl sites for hydroxylation is 1. The maximum absolute atomic E-state index is 12.7. The van der Waals surface area contributed by atoms with Gasteiger partial charge in [-0.1, -0.05) is 0 Å². The van der Waals surface area contributed by atoms with Gasteiger partial charge < -0.3 is 14.5 Å². The highest BCUT2D eigenvalue weighted by Crippen LogP contribution is 2.28. The Balaban J connectivity index is 1.22. The summed E-state index contributed by atoms with van der Waals surface area (Å²) in [5, 5.41) is 11.1. The van der Waals surface area contributed by atoms with E-state index in [1.807, 2.05) is 6.92 Å². The topological polar surface area (TPSA) is 122 Å². The van der Waals surface area contributed by atoms with Gasteiger partial charge in [-0.05, 0) is 13.8 Å². The summed E-state index contributed by atoms with van der Waals surface area (Å²) >= 11 is 0. The molecule has 4 rings (SSSR count). The van der Waals surface area contributed by atoms with Gasteiger partial charge in [0.1, 0.15) is 0 Å². The van der Waals surface area contributed by atoms with Crippen molar-refractivity contribution in [2.24, 2.45) is 0 Å². The van der Waals surface area contributed by atoms with Crippen LogP contribution in [-0.4, -0.2) is 80.1 Å². The van der Waals surface area contributed by atoms with E-state index in [9.17, 15) is 22.8 Å². The van der Waals surface area contributed by atoms with E-state index in [4.69, 9.17) is 4.74 Å². The van der Waals surface area contributed by atoms with Crippen LogP contribution in [0.25, 0.3) is 10.9 Å². The number of amides is 1. The number of carbonyl (C=O) groups excluding carboxylic acids is 1. The summed E-state index contributed by atoms with van der Waals surface area (Å²) in [4.78, 5) is 35.6. The lowest BCUT2D eigenvalue weighted by Crippen LogP contribution is -2.49. The van der Waals surface area contributed by atoms with Gasteiger partial charge in [-0.2, -0.15) is 23.4 Å². The molecule has 1 aliphatic heterocycles. The largest absolute Gasteiger partial charge is 0.419 e. The molecule has 35 heavy (non-hydrogen) atoms. The van der Waals surface area contributed by atoms with Crippen molar-refractivity contribution in [1.82, 2.24) is 34.8 Å². The van der Waals surface area contributed by atoms with Gasteiger partial charge >= 0.3 is 6.18 Å². The number of ether oxygens (including phenoxy) is 1. The van der Waals surface area contributed by atoms with E-state index in [0.717, 1.165) is 12.4 Å². The molecule has 1 atom stereocenters. The number of aromatic nitrogens is 6. The highest BCUT2D eigenvalue weighted by atomic mass is 19.4. The Hall–Kier alpha value is -3.55. The van der Waals surface area contributed by atoms with Crippen molar-refractivity contribution < 1.29 is 22.7 Å². The Kier molecular flexibility index (Phi) is 7.00. The van der Waals surface area contributed by atoms with Crippen LogP contribution < -0.4 is 10.5 Å². The molecule has 0 radical (unpaired) electrons. The smallest absolute Gasteiger partial charge is 0.379 e. The van der Waals surface area contributed by atoms with Crippen LogP contribution in [0, 0.1) is 6.92 Å². The molecule has 1 fully saturated rings. The van der Waals surface area contributed by atoms with Crippen LogP contribution in [0.15, 0.2) is 23.4 Å². The minimum Gasteiger partial charge on any atom is -0.379 e. The number of H-pyrrole nitrogens is 1. The lowest BCUT2D eigenvalue weighted by atomic mass is 10.3. The normalized spacial score (nSPS) is 15.6. The second-order valence-electron chi connectivity index (χ2n) is 8.30. The first-order chi connectivity index (χ1) is 16.6. The van der Waals surface area contributed by atoms with Gasteiger partial charge in [-0.15, -0.1) is 0 Å². The highest BCUT2D eigenvalue weighted by Gasteiger charge is 2.32. The van der Waals surface area contributed by atoms with Gasteiger partial charge in [0.25, 0.3) is 5.56 Å². The van der Waals surface area contributed by atoms with Gasteiger partial charge in [0.2, 0.25) is 11.9 Å². The third-order valence-electron chi connectivity index (χ3n) is 5.82. The number of carbonyl (C=O) groups is 1. The second kappa shape index (κ2) is 9.98. The van der Waals surface area contributed by atoms with Crippen LogP contribution in [0.5, 0.6) is 0 Å². The minimum absolute atomic E-state index is 0.0678. The Morgan fingerprint density at radius 3 is 2.51 bits per heavy atom. The fourth-order valence-corrected chi connectivity index (χ4v) is 3.94. The van der Waals surface area contributed by atoms with Gasteiger partial charge in [-0.25, -0.2) is 15.1 Å². The first kappa shape index (κ1) is 24.6. The van der Waals surface area contributed by atoms with Crippen molar-refractivity contribution in [2.45, 2.75) is 32.5 Å². The summed E-state index contributed by atoms with van der Waals surface area (Å²) in [7, 11) is 0. The number of alkyl halides is 3. The van der Waals surface area contributed by atoms with Gasteiger partial charge in [0, 0.05) is 38.6 Å². The van der Waals surface area contributed by atoms with E-state index in [1.165, 1.54) is 0 Å². The summed E-state index contributed by atoms with van der Waals surface area (Å²) < 4.78 is 45.4. The number of hydrogen-bond donors (Lipinski definition) is 1. The molecule has 1 saturated heterocycles. The fourth-order valence-electron chi connectivity index (χ4n) is 3.94. The SMILES string of the molecule is Cc1nn(C(C)COCCC(=O)N2CCN(c3ncc(C(F)(F)F)cn3)CC2)c2cn[nH]c(=O)c12. The Bertz CT molecular complexity index is 1230. The number of fused-ring (bicyclic) bond motifs is 1. The molecular formula is C21H25F3N8O3. The Morgan fingerprint density at radius 2 is 1.86 bits per heavy atom. The number of hydrogen-bond acceptors (Lipinski definition) is 8. The van der Waals surface area contributed by atoms with Crippen molar-refractivity contribution in [3.8, 4) is 0 Å². The minimum atomic E-state index is -4.48. The lowest BCUT2D eigenvalue weighted by Gasteiger charge is -2.34. The molecule has 188 valence electrons. The molecule has 1 aliphatic rings. The lowest BCUT2D eigenvalue weighted by molar-refractivity contribution is -0.138. The zero-order valence-corrected chi connectivity index (χ0v) is 19.2. The number of nitrogens with one attached hydrogen (secondary N) is 1. The number of rotatable bonds is 7. The van der Waals surface area contributed by atoms with Crippen molar-refractivity contribution >= 4 is 22.8 Å². The van der Waals surface area contributed by atoms with E-state index >= 15 is 0 Å². The van der Waals surface area contributed by atoms with Crippen LogP contribution >= 0.6 is 0 Å². The van der Waals surface area contributed by atoms with E-state index < -0.39 is 11.7 Å². The third kappa shape index (κ3) is 5.42. The van der Waals surface area contributed by atoms with E-state index in [1.54, 1.807) is 27.6 Å². The molecule has 0 aromatic carbocycles. The number of anilines is 1. The van der Waals surface area contributed by atoms with Gasteiger partial charge in [-0.3, -0.25) is 14.3 Å². The van der Waals surface area contributed by atoms with E-state index in [0.29, 0.717) is 49.4 Å². The molecule has 3 aromatic heterocycles. The quantitative estimate of drug-likeness (QED) is 0.491. The molecular weight excluding hydrogens is 469 g/mol. The molecule has 11 nitrogen and oxygen atoms in total. The predicted molar refractivity (Wildman–Crippen MR) is 119 cm³/mol. The molecule has 0 bridgehead atoms. The van der Waals surface area contributed by atoms with Gasteiger partial charge in [0.15, 0.2) is 0 Å². The van der Waals surface area contributed by atoms with Crippen molar-refractivity contribution in [3.05, 3.63) is 40.2 Å². The van der Waals surface area contributed by atoms with Crippen LogP contribution in [0.4, 0.5) is 19.1 Å². The van der Waals surface area contributed by atoms with E-state index in [-0.39, 0.29) is 36.5 Å².